The van der Waals surface area contributed by atoms with E-state index in [0.717, 1.165) is 0 Å². The topological polar surface area (TPSA) is 63.6 Å². The molecule has 0 amide bonds. The summed E-state index contributed by atoms with van der Waals surface area (Å²) in [6.45, 7) is 4.70. The third-order valence-corrected chi connectivity index (χ3v) is 1.22. The Bertz CT molecular complexity index is 185. The fourth-order valence-electron chi connectivity index (χ4n) is 0.704. The van der Waals surface area contributed by atoms with Crippen LogP contribution in [0.15, 0.2) is 12.7 Å². The summed E-state index contributed by atoms with van der Waals surface area (Å²) in [6, 6.07) is 0. The van der Waals surface area contributed by atoms with Gasteiger partial charge in [-0.05, 0) is 6.42 Å². The molecule has 0 aliphatic heterocycles. The molecule has 4 nitrogen and oxygen atoms in total. The van der Waals surface area contributed by atoms with Gasteiger partial charge >= 0.3 is 11.9 Å². The Balaban J connectivity index is 3.75. The maximum Gasteiger partial charge on any atom is 0.303 e. The van der Waals surface area contributed by atoms with Gasteiger partial charge in [-0.3, -0.25) is 9.59 Å². The number of carboxylic acids is 1. The van der Waals surface area contributed by atoms with Crippen molar-refractivity contribution in [2.75, 3.05) is 0 Å². The van der Waals surface area contributed by atoms with Gasteiger partial charge < -0.3 is 9.84 Å². The Morgan fingerprint density at radius 3 is 2.58 bits per heavy atom. The highest BCUT2D eigenvalue weighted by molar-refractivity contribution is 5.67. The summed E-state index contributed by atoms with van der Waals surface area (Å²) in [5.41, 5.74) is 0. The van der Waals surface area contributed by atoms with E-state index in [9.17, 15) is 9.59 Å². The molecule has 0 bridgehead atoms. The molecule has 0 aromatic carbocycles. The highest BCUT2D eigenvalue weighted by atomic mass is 16.5. The van der Waals surface area contributed by atoms with E-state index >= 15 is 0 Å². The molecule has 1 N–H and O–H groups in total. The third-order valence-electron chi connectivity index (χ3n) is 1.22. The Morgan fingerprint density at radius 1 is 1.67 bits per heavy atom. The van der Waals surface area contributed by atoms with Crippen molar-refractivity contribution >= 4 is 11.9 Å². The average molecular weight is 172 g/mol. The molecule has 1 unspecified atom stereocenters. The van der Waals surface area contributed by atoms with Gasteiger partial charge in [-0.2, -0.15) is 0 Å². The van der Waals surface area contributed by atoms with Crippen LogP contribution in [0.5, 0.6) is 0 Å². The molecule has 0 aliphatic rings. The van der Waals surface area contributed by atoms with Crippen LogP contribution in [0.4, 0.5) is 0 Å². The van der Waals surface area contributed by atoms with E-state index in [4.69, 9.17) is 9.84 Å². The lowest BCUT2D eigenvalue weighted by Gasteiger charge is -2.10. The van der Waals surface area contributed by atoms with Crippen LogP contribution < -0.4 is 0 Å². The summed E-state index contributed by atoms with van der Waals surface area (Å²) in [5.74, 6) is -1.33. The molecular weight excluding hydrogens is 160 g/mol. The summed E-state index contributed by atoms with van der Waals surface area (Å²) in [5, 5.41) is 8.32. The predicted octanol–water partition coefficient (Wildman–Crippen LogP) is 0.969. The normalized spacial score (nSPS) is 11.8. The van der Waals surface area contributed by atoms with Crippen molar-refractivity contribution in [2.45, 2.75) is 25.9 Å². The number of carbonyl (C=O) groups excluding carboxylic acids is 1. The standard InChI is InChI=1S/C8H12O4/c1-3-7(12-6(2)9)4-5-8(10)11/h3,7H,1,4-5H2,2H3,(H,10,11). The lowest BCUT2D eigenvalue weighted by molar-refractivity contribution is -0.146. The van der Waals surface area contributed by atoms with Crippen LogP contribution in [0.1, 0.15) is 19.8 Å². The molecule has 0 aromatic rings. The first-order chi connectivity index (χ1) is 5.56. The van der Waals surface area contributed by atoms with Crippen molar-refractivity contribution in [3.63, 3.8) is 0 Å². The first-order valence-electron chi connectivity index (χ1n) is 3.58. The summed E-state index contributed by atoms with van der Waals surface area (Å²) in [7, 11) is 0. The number of aliphatic carboxylic acids is 1. The van der Waals surface area contributed by atoms with E-state index in [-0.39, 0.29) is 12.8 Å². The maximum atomic E-state index is 10.4. The average Bonchev–Trinajstić information content (AvgIpc) is 1.97. The van der Waals surface area contributed by atoms with Gasteiger partial charge in [0.1, 0.15) is 6.10 Å². The fraction of sp³-hybridized carbons (Fsp3) is 0.500. The van der Waals surface area contributed by atoms with Crippen molar-refractivity contribution in [3.05, 3.63) is 12.7 Å². The Kier molecular flexibility index (Phi) is 4.76. The fourth-order valence-corrected chi connectivity index (χ4v) is 0.704. The SMILES string of the molecule is C=CC(CCC(=O)O)OC(C)=O. The molecule has 12 heavy (non-hydrogen) atoms. The van der Waals surface area contributed by atoms with Gasteiger partial charge in [0, 0.05) is 13.3 Å². The summed E-state index contributed by atoms with van der Waals surface area (Å²) in [4.78, 5) is 20.6. The molecule has 0 aromatic heterocycles. The predicted molar refractivity (Wildman–Crippen MR) is 42.6 cm³/mol. The van der Waals surface area contributed by atoms with Gasteiger partial charge in [-0.25, -0.2) is 0 Å². The summed E-state index contributed by atoms with van der Waals surface area (Å²) in [6.07, 6.45) is 1.19. The van der Waals surface area contributed by atoms with Gasteiger partial charge in [-0.15, -0.1) is 0 Å². The second-order valence-electron chi connectivity index (χ2n) is 2.32. The van der Waals surface area contributed by atoms with Crippen molar-refractivity contribution < 1.29 is 19.4 Å². The summed E-state index contributed by atoms with van der Waals surface area (Å²) < 4.78 is 4.73. The number of rotatable bonds is 5. The number of carboxylic acid groups (broad SMARTS) is 1. The smallest absolute Gasteiger partial charge is 0.303 e. The lowest BCUT2D eigenvalue weighted by atomic mass is 10.2. The molecule has 68 valence electrons. The zero-order valence-corrected chi connectivity index (χ0v) is 6.95. The molecule has 0 heterocycles. The van der Waals surface area contributed by atoms with Gasteiger partial charge in [0.15, 0.2) is 0 Å². The maximum absolute atomic E-state index is 10.4. The first-order valence-corrected chi connectivity index (χ1v) is 3.58. The molecule has 0 saturated heterocycles. The zero-order chi connectivity index (χ0) is 9.56. The van der Waals surface area contributed by atoms with E-state index in [1.165, 1.54) is 13.0 Å². The molecule has 4 heteroatoms. The van der Waals surface area contributed by atoms with E-state index in [0.29, 0.717) is 0 Å². The Morgan fingerprint density at radius 2 is 2.25 bits per heavy atom. The van der Waals surface area contributed by atoms with E-state index in [1.807, 2.05) is 0 Å². The van der Waals surface area contributed by atoms with Crippen LogP contribution in [-0.2, 0) is 14.3 Å². The number of hydrogen-bond acceptors (Lipinski definition) is 3. The monoisotopic (exact) mass is 172 g/mol. The van der Waals surface area contributed by atoms with Crippen molar-refractivity contribution in [1.82, 2.24) is 0 Å². The lowest BCUT2D eigenvalue weighted by Crippen LogP contribution is -2.14. The Labute approximate surface area is 70.8 Å². The number of hydrogen-bond donors (Lipinski definition) is 1. The quantitative estimate of drug-likeness (QED) is 0.495. The van der Waals surface area contributed by atoms with Crippen molar-refractivity contribution in [2.24, 2.45) is 0 Å². The minimum Gasteiger partial charge on any atom is -0.481 e. The Hall–Kier alpha value is -1.32. The van der Waals surface area contributed by atoms with Gasteiger partial charge in [0.05, 0.1) is 0 Å². The molecule has 0 spiro atoms. The van der Waals surface area contributed by atoms with E-state index < -0.39 is 18.0 Å². The van der Waals surface area contributed by atoms with Crippen molar-refractivity contribution in [3.8, 4) is 0 Å². The molecule has 0 rings (SSSR count). The van der Waals surface area contributed by atoms with Gasteiger partial charge in [0.25, 0.3) is 0 Å². The number of esters is 1. The van der Waals surface area contributed by atoms with Crippen LogP contribution in [0.2, 0.25) is 0 Å². The highest BCUT2D eigenvalue weighted by Crippen LogP contribution is 2.03. The molecule has 0 saturated carbocycles. The largest absolute Gasteiger partial charge is 0.481 e. The first kappa shape index (κ1) is 10.7. The van der Waals surface area contributed by atoms with E-state index in [2.05, 4.69) is 6.58 Å². The molecule has 0 aliphatic carbocycles. The second kappa shape index (κ2) is 5.35. The van der Waals surface area contributed by atoms with Crippen LogP contribution in [-0.4, -0.2) is 23.1 Å². The van der Waals surface area contributed by atoms with Crippen LogP contribution >= 0.6 is 0 Å². The molecule has 0 radical (unpaired) electrons. The van der Waals surface area contributed by atoms with Gasteiger partial charge in [-0.1, -0.05) is 12.7 Å². The molecule has 0 fully saturated rings. The molecular formula is C8H12O4. The van der Waals surface area contributed by atoms with Crippen LogP contribution in [0, 0.1) is 0 Å². The summed E-state index contributed by atoms with van der Waals surface area (Å²) >= 11 is 0. The highest BCUT2D eigenvalue weighted by Gasteiger charge is 2.09. The number of ether oxygens (including phenoxy) is 1. The third kappa shape index (κ3) is 5.46. The molecule has 1 atom stereocenters. The number of carbonyl (C=O) groups is 2. The second-order valence-corrected chi connectivity index (χ2v) is 2.32. The minimum absolute atomic E-state index is 0.0238. The minimum atomic E-state index is -0.908. The zero-order valence-electron chi connectivity index (χ0n) is 6.95. The van der Waals surface area contributed by atoms with E-state index in [1.54, 1.807) is 0 Å². The van der Waals surface area contributed by atoms with Crippen LogP contribution in [0.25, 0.3) is 0 Å². The van der Waals surface area contributed by atoms with Gasteiger partial charge in [0.2, 0.25) is 0 Å². The van der Waals surface area contributed by atoms with Crippen molar-refractivity contribution in [1.29, 1.82) is 0 Å². The van der Waals surface area contributed by atoms with Crippen LogP contribution in [0.3, 0.4) is 0 Å².